The van der Waals surface area contributed by atoms with E-state index >= 15 is 0 Å². The maximum absolute atomic E-state index is 2.37. The van der Waals surface area contributed by atoms with Crippen molar-refractivity contribution >= 4 is 32.3 Å². The summed E-state index contributed by atoms with van der Waals surface area (Å²) in [5, 5.41) is 8.30. The predicted octanol–water partition coefficient (Wildman–Crippen LogP) is 6.23. The minimum Gasteiger partial charge on any atom is -0.0616 e. The Hall–Kier alpha value is -2.86. The second-order valence-corrected chi connectivity index (χ2v) is 6.20. The smallest absolute Gasteiger partial charge is 0.00137 e. The molecule has 0 atom stereocenters. The number of fused-ring (bicyclic) bond motifs is 3. The fraction of sp³-hybridized carbons (Fsp3) is 0. The molecule has 0 saturated carbocycles. The maximum atomic E-state index is 2.37. The van der Waals surface area contributed by atoms with Crippen molar-refractivity contribution in [3.8, 4) is 22.3 Å². The van der Waals surface area contributed by atoms with Gasteiger partial charge in [0, 0.05) is 0 Å². The summed E-state index contributed by atoms with van der Waals surface area (Å²) < 4.78 is 0. The highest BCUT2D eigenvalue weighted by Crippen LogP contribution is 2.51. The number of rotatable bonds is 0. The van der Waals surface area contributed by atoms with Crippen molar-refractivity contribution in [3.05, 3.63) is 72.8 Å². The average molecular weight is 276 g/mol. The Labute approximate surface area is 128 Å². The van der Waals surface area contributed by atoms with E-state index in [1.165, 1.54) is 54.6 Å². The molecule has 0 fully saturated rings. The second-order valence-electron chi connectivity index (χ2n) is 6.20. The van der Waals surface area contributed by atoms with Crippen LogP contribution in [0.3, 0.4) is 0 Å². The van der Waals surface area contributed by atoms with Gasteiger partial charge in [-0.05, 0) is 60.6 Å². The summed E-state index contributed by atoms with van der Waals surface area (Å²) in [6, 6.07) is 26.8. The molecule has 6 rings (SSSR count). The van der Waals surface area contributed by atoms with E-state index in [0.717, 1.165) is 0 Å². The molecule has 0 heterocycles. The lowest BCUT2D eigenvalue weighted by Gasteiger charge is -2.12. The van der Waals surface area contributed by atoms with E-state index in [4.69, 9.17) is 0 Å². The average Bonchev–Trinajstić information content (AvgIpc) is 2.90. The van der Waals surface area contributed by atoms with Gasteiger partial charge in [-0.1, -0.05) is 66.7 Å². The third-order valence-electron chi connectivity index (χ3n) is 5.14. The molecule has 0 saturated heterocycles. The molecule has 0 spiro atoms. The van der Waals surface area contributed by atoms with Gasteiger partial charge in [-0.15, -0.1) is 0 Å². The van der Waals surface area contributed by atoms with Crippen LogP contribution in [0.4, 0.5) is 0 Å². The zero-order valence-corrected chi connectivity index (χ0v) is 11.9. The van der Waals surface area contributed by atoms with Crippen molar-refractivity contribution in [1.29, 1.82) is 0 Å². The molecule has 0 bridgehead atoms. The van der Waals surface area contributed by atoms with E-state index in [1.807, 2.05) is 0 Å². The zero-order chi connectivity index (χ0) is 14.3. The molecule has 1 aliphatic carbocycles. The van der Waals surface area contributed by atoms with Crippen LogP contribution in [-0.2, 0) is 0 Å². The van der Waals surface area contributed by atoms with E-state index in [9.17, 15) is 0 Å². The van der Waals surface area contributed by atoms with Crippen LogP contribution in [0.1, 0.15) is 0 Å². The SMILES string of the molecule is c1ccc2c(c1)-c1ccc3ccc4cccc5cc-2c1c3c45. The minimum absolute atomic E-state index is 1.34. The number of benzene rings is 5. The van der Waals surface area contributed by atoms with Gasteiger partial charge < -0.3 is 0 Å². The van der Waals surface area contributed by atoms with Crippen molar-refractivity contribution in [2.45, 2.75) is 0 Å². The second kappa shape index (κ2) is 3.48. The van der Waals surface area contributed by atoms with Crippen molar-refractivity contribution in [1.82, 2.24) is 0 Å². The Morgan fingerprint density at radius 1 is 0.364 bits per heavy atom. The Morgan fingerprint density at radius 2 is 1.05 bits per heavy atom. The highest BCUT2D eigenvalue weighted by atomic mass is 14.3. The number of hydrogen-bond acceptors (Lipinski definition) is 0. The van der Waals surface area contributed by atoms with Gasteiger partial charge in [0.2, 0.25) is 0 Å². The fourth-order valence-corrected chi connectivity index (χ4v) is 4.24. The van der Waals surface area contributed by atoms with Crippen LogP contribution in [-0.4, -0.2) is 0 Å². The lowest BCUT2D eigenvalue weighted by Crippen LogP contribution is -1.85. The standard InChI is InChI=1S/C22H12/c1-2-7-17-16(6-1)18-11-10-14-9-8-13-4-3-5-15-12-19(17)22(18)21(14)20(13)15/h1-12H. The lowest BCUT2D eigenvalue weighted by atomic mass is 9.91. The third kappa shape index (κ3) is 1.09. The normalized spacial score (nSPS) is 12.5. The third-order valence-corrected chi connectivity index (χ3v) is 5.14. The summed E-state index contributed by atoms with van der Waals surface area (Å²) in [6.45, 7) is 0. The molecule has 0 aliphatic heterocycles. The summed E-state index contributed by atoms with van der Waals surface area (Å²) in [4.78, 5) is 0. The molecular formula is C22H12. The Kier molecular flexibility index (Phi) is 1.71. The van der Waals surface area contributed by atoms with Crippen LogP contribution in [0.25, 0.3) is 54.6 Å². The summed E-state index contributed by atoms with van der Waals surface area (Å²) >= 11 is 0. The molecule has 0 aromatic heterocycles. The predicted molar refractivity (Wildman–Crippen MR) is 94.6 cm³/mol. The first kappa shape index (κ1) is 10.8. The highest BCUT2D eigenvalue weighted by Gasteiger charge is 2.23. The first-order chi connectivity index (χ1) is 10.9. The molecule has 5 aromatic carbocycles. The van der Waals surface area contributed by atoms with Crippen molar-refractivity contribution < 1.29 is 0 Å². The van der Waals surface area contributed by atoms with E-state index < -0.39 is 0 Å². The van der Waals surface area contributed by atoms with Crippen molar-refractivity contribution in [3.63, 3.8) is 0 Å². The van der Waals surface area contributed by atoms with Crippen LogP contribution in [0.15, 0.2) is 72.8 Å². The monoisotopic (exact) mass is 276 g/mol. The van der Waals surface area contributed by atoms with Crippen LogP contribution in [0.5, 0.6) is 0 Å². The Balaban J connectivity index is 2.03. The zero-order valence-electron chi connectivity index (χ0n) is 11.9. The van der Waals surface area contributed by atoms with Crippen LogP contribution in [0.2, 0.25) is 0 Å². The van der Waals surface area contributed by atoms with E-state index in [1.54, 1.807) is 0 Å². The number of hydrogen-bond donors (Lipinski definition) is 0. The minimum atomic E-state index is 1.34. The van der Waals surface area contributed by atoms with Gasteiger partial charge in [-0.3, -0.25) is 0 Å². The topological polar surface area (TPSA) is 0 Å². The van der Waals surface area contributed by atoms with Crippen molar-refractivity contribution in [2.75, 3.05) is 0 Å². The molecular weight excluding hydrogens is 264 g/mol. The van der Waals surface area contributed by atoms with Gasteiger partial charge in [0.05, 0.1) is 0 Å². The molecule has 1 aliphatic rings. The fourth-order valence-electron chi connectivity index (χ4n) is 4.24. The Morgan fingerprint density at radius 3 is 1.91 bits per heavy atom. The first-order valence-electron chi connectivity index (χ1n) is 7.72. The summed E-state index contributed by atoms with van der Waals surface area (Å²) in [5.41, 5.74) is 5.52. The van der Waals surface area contributed by atoms with Gasteiger partial charge in [-0.2, -0.15) is 0 Å². The van der Waals surface area contributed by atoms with E-state index in [-0.39, 0.29) is 0 Å². The van der Waals surface area contributed by atoms with Crippen LogP contribution in [0, 0.1) is 0 Å². The summed E-state index contributed by atoms with van der Waals surface area (Å²) in [6.07, 6.45) is 0. The van der Waals surface area contributed by atoms with Gasteiger partial charge in [0.1, 0.15) is 0 Å². The molecule has 0 heteroatoms. The van der Waals surface area contributed by atoms with Gasteiger partial charge in [-0.25, -0.2) is 0 Å². The molecule has 0 amide bonds. The van der Waals surface area contributed by atoms with Crippen LogP contribution >= 0.6 is 0 Å². The van der Waals surface area contributed by atoms with E-state index in [2.05, 4.69) is 72.8 Å². The molecule has 100 valence electrons. The summed E-state index contributed by atoms with van der Waals surface area (Å²) in [5.74, 6) is 0. The molecule has 0 nitrogen and oxygen atoms in total. The molecule has 5 aromatic rings. The highest BCUT2D eigenvalue weighted by molar-refractivity contribution is 6.31. The first-order valence-corrected chi connectivity index (χ1v) is 7.72. The molecule has 0 N–H and O–H groups in total. The largest absolute Gasteiger partial charge is 0.0616 e. The van der Waals surface area contributed by atoms with Crippen molar-refractivity contribution in [2.24, 2.45) is 0 Å². The van der Waals surface area contributed by atoms with Gasteiger partial charge >= 0.3 is 0 Å². The summed E-state index contributed by atoms with van der Waals surface area (Å²) in [7, 11) is 0. The van der Waals surface area contributed by atoms with E-state index in [0.29, 0.717) is 0 Å². The lowest BCUT2D eigenvalue weighted by molar-refractivity contribution is 1.70. The molecule has 0 radical (unpaired) electrons. The van der Waals surface area contributed by atoms with Crippen LogP contribution < -0.4 is 0 Å². The molecule has 22 heavy (non-hydrogen) atoms. The quantitative estimate of drug-likeness (QED) is 0.288. The Bertz CT molecular complexity index is 1210. The van der Waals surface area contributed by atoms with Gasteiger partial charge in [0.15, 0.2) is 0 Å². The van der Waals surface area contributed by atoms with Gasteiger partial charge in [0.25, 0.3) is 0 Å². The molecule has 0 unspecified atom stereocenters. The maximum Gasteiger partial charge on any atom is -0.00137 e.